The van der Waals surface area contributed by atoms with E-state index in [2.05, 4.69) is 38.2 Å². The molecule has 1 heterocycles. The van der Waals surface area contributed by atoms with Gasteiger partial charge in [-0.05, 0) is 0 Å². The first kappa shape index (κ1) is 12.3. The molecule has 12 heavy (non-hydrogen) atoms. The minimum absolute atomic E-state index is 0. The molecule has 1 radical (unpaired) electrons. The number of aliphatic imine (C=N–C) groups is 1. The summed E-state index contributed by atoms with van der Waals surface area (Å²) in [6.07, 6.45) is 8.04. The Labute approximate surface area is 100 Å². The van der Waals surface area contributed by atoms with Crippen molar-refractivity contribution in [3.8, 4) is 0 Å². The monoisotopic (exact) mass is 239 g/mol. The molecule has 2 nitrogen and oxygen atoms in total. The summed E-state index contributed by atoms with van der Waals surface area (Å²) < 4.78 is 0. The van der Waals surface area contributed by atoms with E-state index in [0.29, 0.717) is 0 Å². The molecule has 0 fully saturated rings. The van der Waals surface area contributed by atoms with E-state index in [1.54, 1.807) is 0 Å². The van der Waals surface area contributed by atoms with Gasteiger partial charge in [0, 0.05) is 45.8 Å². The Hall–Kier alpha value is 0.314. The van der Waals surface area contributed by atoms with Crippen LogP contribution in [0, 0.1) is 11.5 Å². The van der Waals surface area contributed by atoms with Gasteiger partial charge in [-0.15, -0.1) is 0 Å². The quantitative estimate of drug-likeness (QED) is 0.634. The van der Waals surface area contributed by atoms with E-state index in [-0.39, 0.29) is 38.1 Å². The Kier molecular flexibility index (Phi) is 5.27. The molecule has 0 saturated carbocycles. The summed E-state index contributed by atoms with van der Waals surface area (Å²) in [6.45, 7) is 8.18. The molecule has 65 valence electrons. The number of hydrogen-bond acceptors (Lipinski definition) is 2. The molecule has 0 aliphatic carbocycles. The zero-order chi connectivity index (χ0) is 8.32. The second kappa shape index (κ2) is 5.13. The van der Waals surface area contributed by atoms with Gasteiger partial charge in [-0.25, -0.2) is 0 Å². The normalized spacial score (nSPS) is 17.1. The third-order valence-corrected chi connectivity index (χ3v) is 1.31. The molecule has 1 aliphatic rings. The van der Waals surface area contributed by atoms with Gasteiger partial charge in [-0.1, -0.05) is 27.1 Å². The standard InChI is InChI=1S/C9H14N2.Y/c1-9(2,3)4-6-11-7-5-10-8-11;/h6H,5,7H2,1-3H3;/q-2;. The summed E-state index contributed by atoms with van der Waals surface area (Å²) in [4.78, 5) is 5.91. The molecule has 0 bridgehead atoms. The second-order valence-corrected chi connectivity index (χ2v) is 3.70. The van der Waals surface area contributed by atoms with Crippen LogP contribution in [-0.4, -0.2) is 24.3 Å². The van der Waals surface area contributed by atoms with Gasteiger partial charge in [-0.2, -0.15) is 5.41 Å². The van der Waals surface area contributed by atoms with E-state index in [0.717, 1.165) is 13.1 Å². The fourth-order valence-electron chi connectivity index (χ4n) is 0.714. The van der Waals surface area contributed by atoms with Gasteiger partial charge in [0.25, 0.3) is 0 Å². The van der Waals surface area contributed by atoms with Crippen molar-refractivity contribution in [2.45, 2.75) is 20.8 Å². The number of allylic oxidation sites excluding steroid dienone is 1. The van der Waals surface area contributed by atoms with Gasteiger partial charge in [0.15, 0.2) is 0 Å². The summed E-state index contributed by atoms with van der Waals surface area (Å²) in [6, 6.07) is 0. The van der Waals surface area contributed by atoms with E-state index >= 15 is 0 Å². The van der Waals surface area contributed by atoms with Crippen LogP contribution in [-0.2, 0) is 32.7 Å². The van der Waals surface area contributed by atoms with Gasteiger partial charge in [0.1, 0.15) is 0 Å². The Balaban J connectivity index is 0.00000121. The van der Waals surface area contributed by atoms with E-state index in [1.807, 2.05) is 11.1 Å². The summed E-state index contributed by atoms with van der Waals surface area (Å²) >= 11 is 0. The molecule has 0 aromatic heterocycles. The van der Waals surface area contributed by atoms with Gasteiger partial charge >= 0.3 is 0 Å². The van der Waals surface area contributed by atoms with Gasteiger partial charge in [-0.3, -0.25) is 0 Å². The van der Waals surface area contributed by atoms with Gasteiger partial charge in [0.2, 0.25) is 0 Å². The number of nitrogens with zero attached hydrogens (tertiary/aromatic N) is 2. The molecule has 0 atom stereocenters. The van der Waals surface area contributed by atoms with Crippen LogP contribution in [0.25, 0.3) is 0 Å². The smallest absolute Gasteiger partial charge is 0.0339 e. The molecule has 0 aromatic rings. The van der Waals surface area contributed by atoms with Crippen molar-refractivity contribution in [3.05, 3.63) is 12.3 Å². The number of hydrogen-bond donors (Lipinski definition) is 0. The molecule has 0 saturated heterocycles. The molecule has 1 rings (SSSR count). The van der Waals surface area contributed by atoms with E-state index in [4.69, 9.17) is 0 Å². The summed E-state index contributed by atoms with van der Waals surface area (Å²) in [5, 5.41) is 0. The molecular weight excluding hydrogens is 225 g/mol. The predicted molar refractivity (Wildman–Crippen MR) is 46.3 cm³/mol. The molecule has 0 aromatic carbocycles. The van der Waals surface area contributed by atoms with Crippen molar-refractivity contribution in [2.24, 2.45) is 10.4 Å². The van der Waals surface area contributed by atoms with Crippen molar-refractivity contribution >= 4 is 6.34 Å². The SMILES string of the molecule is CC(C)(C)[C-]=CN1[C-]=NCC1.[Y]. The van der Waals surface area contributed by atoms with Crippen molar-refractivity contribution in [1.29, 1.82) is 0 Å². The molecule has 0 amide bonds. The fourth-order valence-corrected chi connectivity index (χ4v) is 0.714. The first-order valence-electron chi connectivity index (χ1n) is 3.88. The largest absolute Gasteiger partial charge is 0.579 e. The van der Waals surface area contributed by atoms with Crippen LogP contribution in [0.4, 0.5) is 0 Å². The van der Waals surface area contributed by atoms with Gasteiger partial charge < -0.3 is 22.2 Å². The fraction of sp³-hybridized carbons (Fsp3) is 0.667. The first-order valence-corrected chi connectivity index (χ1v) is 3.88. The average molecular weight is 239 g/mol. The van der Waals surface area contributed by atoms with Gasteiger partial charge in [0.05, 0.1) is 0 Å². The molecule has 0 unspecified atom stereocenters. The van der Waals surface area contributed by atoms with Crippen LogP contribution in [0.1, 0.15) is 20.8 Å². The maximum absolute atomic E-state index is 3.97. The Morgan fingerprint density at radius 3 is 2.58 bits per heavy atom. The average Bonchev–Trinajstić information content (AvgIpc) is 2.32. The zero-order valence-electron chi connectivity index (χ0n) is 7.96. The van der Waals surface area contributed by atoms with Crippen molar-refractivity contribution in [1.82, 2.24) is 4.90 Å². The number of rotatable bonds is 1. The van der Waals surface area contributed by atoms with Crippen LogP contribution in [0.2, 0.25) is 0 Å². The topological polar surface area (TPSA) is 15.6 Å². The summed E-state index contributed by atoms with van der Waals surface area (Å²) in [5.74, 6) is 0. The van der Waals surface area contributed by atoms with Crippen LogP contribution in [0.3, 0.4) is 0 Å². The van der Waals surface area contributed by atoms with Crippen LogP contribution >= 0.6 is 0 Å². The predicted octanol–water partition coefficient (Wildman–Crippen LogP) is 1.57. The minimum Gasteiger partial charge on any atom is -0.579 e. The molecule has 3 heteroatoms. The second-order valence-electron chi connectivity index (χ2n) is 3.70. The third kappa shape index (κ3) is 5.05. The maximum Gasteiger partial charge on any atom is 0.0339 e. The zero-order valence-corrected chi connectivity index (χ0v) is 10.8. The van der Waals surface area contributed by atoms with E-state index in [1.165, 1.54) is 0 Å². The van der Waals surface area contributed by atoms with Crippen molar-refractivity contribution in [2.75, 3.05) is 13.1 Å². The molecule has 0 spiro atoms. The van der Waals surface area contributed by atoms with Crippen molar-refractivity contribution < 1.29 is 32.7 Å². The molecule has 0 N–H and O–H groups in total. The Morgan fingerprint density at radius 1 is 1.50 bits per heavy atom. The molecular formula is C9H14N2Y-2. The van der Waals surface area contributed by atoms with Crippen LogP contribution in [0.5, 0.6) is 0 Å². The molecule has 1 aliphatic heterocycles. The Bertz CT molecular complexity index is 179. The van der Waals surface area contributed by atoms with E-state index < -0.39 is 0 Å². The summed E-state index contributed by atoms with van der Waals surface area (Å²) in [5.41, 5.74) is 0.129. The maximum atomic E-state index is 3.97. The van der Waals surface area contributed by atoms with Crippen LogP contribution in [0.15, 0.2) is 11.2 Å². The third-order valence-electron chi connectivity index (χ3n) is 1.31. The van der Waals surface area contributed by atoms with E-state index in [9.17, 15) is 0 Å². The van der Waals surface area contributed by atoms with Crippen molar-refractivity contribution in [3.63, 3.8) is 0 Å². The Morgan fingerprint density at radius 2 is 2.17 bits per heavy atom. The first-order chi connectivity index (χ1) is 5.08. The van der Waals surface area contributed by atoms with Crippen LogP contribution < -0.4 is 0 Å². The minimum atomic E-state index is 0. The summed E-state index contributed by atoms with van der Waals surface area (Å²) in [7, 11) is 0.